The Kier molecular flexibility index (Phi) is 4.80. The molecule has 0 saturated carbocycles. The molecule has 0 saturated heterocycles. The largest absolute Gasteiger partial charge is 0.488 e. The molecule has 2 aromatic rings. The van der Waals surface area contributed by atoms with E-state index in [9.17, 15) is 13.6 Å². The Morgan fingerprint density at radius 1 is 1.21 bits per heavy atom. The van der Waals surface area contributed by atoms with Crippen LogP contribution in [-0.2, 0) is 4.79 Å². The highest BCUT2D eigenvalue weighted by atomic mass is 79.9. The quantitative estimate of drug-likeness (QED) is 0.830. The summed E-state index contributed by atoms with van der Waals surface area (Å²) in [5, 5.41) is 2.70. The minimum absolute atomic E-state index is 0.0296. The lowest BCUT2D eigenvalue weighted by molar-refractivity contribution is -0.113. The number of carbonyl (C=O) groups excluding carboxylic acids is 1. The maximum absolute atomic E-state index is 12.3. The topological polar surface area (TPSA) is 47.6 Å². The number of anilines is 1. The second-order valence-electron chi connectivity index (χ2n) is 5.00. The van der Waals surface area contributed by atoms with Crippen molar-refractivity contribution in [3.8, 4) is 11.5 Å². The van der Waals surface area contributed by atoms with Crippen LogP contribution in [0.4, 0.5) is 14.5 Å². The lowest BCUT2D eigenvalue weighted by Crippen LogP contribution is -2.21. The lowest BCUT2D eigenvalue weighted by atomic mass is 10.1. The predicted octanol–water partition coefficient (Wildman–Crippen LogP) is 4.47. The maximum Gasteiger partial charge on any atom is 0.387 e. The number of nitrogens with one attached hydrogen (secondary N) is 1. The average Bonchev–Trinajstić information content (AvgIpc) is 2.55. The first-order valence-corrected chi connectivity index (χ1v) is 7.80. The highest BCUT2D eigenvalue weighted by molar-refractivity contribution is 9.10. The Labute approximate surface area is 145 Å². The molecule has 1 aliphatic heterocycles. The summed E-state index contributed by atoms with van der Waals surface area (Å²) in [6.07, 6.45) is 1.76. The first-order valence-electron chi connectivity index (χ1n) is 7.00. The van der Waals surface area contributed by atoms with Crippen molar-refractivity contribution in [2.45, 2.75) is 6.61 Å². The summed E-state index contributed by atoms with van der Waals surface area (Å²) in [6.45, 7) is -2.72. The van der Waals surface area contributed by atoms with Crippen LogP contribution in [0.1, 0.15) is 5.56 Å². The predicted molar refractivity (Wildman–Crippen MR) is 89.3 cm³/mol. The molecule has 0 radical (unpaired) electrons. The Hall–Kier alpha value is -2.41. The summed E-state index contributed by atoms with van der Waals surface area (Å²) < 4.78 is 34.9. The lowest BCUT2D eigenvalue weighted by Gasteiger charge is -2.18. The van der Waals surface area contributed by atoms with Crippen molar-refractivity contribution in [1.82, 2.24) is 0 Å². The summed E-state index contributed by atoms with van der Waals surface area (Å²) >= 11 is 3.37. The van der Waals surface area contributed by atoms with Crippen LogP contribution >= 0.6 is 15.9 Å². The molecule has 1 heterocycles. The van der Waals surface area contributed by atoms with E-state index in [-0.39, 0.29) is 18.3 Å². The van der Waals surface area contributed by atoms with Gasteiger partial charge in [-0.15, -0.1) is 0 Å². The zero-order valence-corrected chi connectivity index (χ0v) is 13.8. The van der Waals surface area contributed by atoms with Crippen LogP contribution in [0.25, 0.3) is 6.08 Å². The zero-order valence-electron chi connectivity index (χ0n) is 12.3. The number of benzene rings is 2. The monoisotopic (exact) mass is 395 g/mol. The van der Waals surface area contributed by atoms with Crippen molar-refractivity contribution in [3.05, 3.63) is 58.1 Å². The first kappa shape index (κ1) is 16.4. The summed E-state index contributed by atoms with van der Waals surface area (Å²) in [5.41, 5.74) is 1.75. The van der Waals surface area contributed by atoms with Crippen molar-refractivity contribution in [2.75, 3.05) is 11.9 Å². The molecule has 2 aromatic carbocycles. The molecular weight excluding hydrogens is 384 g/mol. The smallest absolute Gasteiger partial charge is 0.387 e. The van der Waals surface area contributed by atoms with E-state index in [1.54, 1.807) is 6.08 Å². The molecule has 0 fully saturated rings. The third-order valence-corrected chi connectivity index (χ3v) is 3.81. The summed E-state index contributed by atoms with van der Waals surface area (Å²) in [5.74, 6) is 0.424. The van der Waals surface area contributed by atoms with E-state index in [0.29, 0.717) is 17.0 Å². The number of rotatable bonds is 4. The second kappa shape index (κ2) is 7.00. The molecule has 0 atom stereocenters. The number of hydrogen-bond donors (Lipinski definition) is 1. The van der Waals surface area contributed by atoms with Crippen molar-refractivity contribution in [3.63, 3.8) is 0 Å². The number of fused-ring (bicyclic) bond motifs is 1. The Bertz CT molecular complexity index is 791. The molecule has 0 spiro atoms. The van der Waals surface area contributed by atoms with E-state index in [0.717, 1.165) is 10.0 Å². The molecule has 4 nitrogen and oxygen atoms in total. The van der Waals surface area contributed by atoms with Gasteiger partial charge in [-0.3, -0.25) is 4.79 Å². The molecule has 1 amide bonds. The molecule has 0 aromatic heterocycles. The van der Waals surface area contributed by atoms with Crippen LogP contribution in [0.3, 0.4) is 0 Å². The summed E-state index contributed by atoms with van der Waals surface area (Å²) in [4.78, 5) is 12.3. The van der Waals surface area contributed by atoms with Gasteiger partial charge in [0.25, 0.3) is 5.91 Å². The van der Waals surface area contributed by atoms with E-state index in [1.807, 2.05) is 18.2 Å². The fourth-order valence-electron chi connectivity index (χ4n) is 2.21. The number of carbonyl (C=O) groups is 1. The molecule has 0 unspecified atom stereocenters. The fraction of sp³-hybridized carbons (Fsp3) is 0.118. The highest BCUT2D eigenvalue weighted by Gasteiger charge is 2.17. The number of alkyl halides is 2. The molecule has 3 rings (SSSR count). The van der Waals surface area contributed by atoms with Gasteiger partial charge in [0, 0.05) is 15.7 Å². The normalized spacial score (nSPS) is 12.9. The van der Waals surface area contributed by atoms with E-state index in [1.165, 1.54) is 24.3 Å². The van der Waals surface area contributed by atoms with E-state index in [2.05, 4.69) is 26.0 Å². The van der Waals surface area contributed by atoms with Crippen molar-refractivity contribution in [2.24, 2.45) is 0 Å². The number of amides is 1. The van der Waals surface area contributed by atoms with Crippen molar-refractivity contribution >= 4 is 33.6 Å². The highest BCUT2D eigenvalue weighted by Crippen LogP contribution is 2.29. The van der Waals surface area contributed by atoms with Gasteiger partial charge in [0.1, 0.15) is 18.1 Å². The Balaban J connectivity index is 1.71. The number of hydrogen-bond acceptors (Lipinski definition) is 3. The minimum Gasteiger partial charge on any atom is -0.488 e. The van der Waals surface area contributed by atoms with Gasteiger partial charge in [0.15, 0.2) is 0 Å². The van der Waals surface area contributed by atoms with Crippen molar-refractivity contribution < 1.29 is 23.0 Å². The summed E-state index contributed by atoms with van der Waals surface area (Å²) in [7, 11) is 0. The molecule has 1 N–H and O–H groups in total. The number of halogens is 3. The van der Waals surface area contributed by atoms with Crippen LogP contribution < -0.4 is 14.8 Å². The third-order valence-electron chi connectivity index (χ3n) is 3.31. The van der Waals surface area contributed by atoms with Gasteiger partial charge < -0.3 is 14.8 Å². The SMILES string of the molecule is O=C(Nc1ccc(OC(F)F)cc1)C1=Cc2cc(Br)ccc2OC1. The van der Waals surface area contributed by atoms with Gasteiger partial charge in [-0.25, -0.2) is 0 Å². The molecule has 0 aliphatic carbocycles. The van der Waals surface area contributed by atoms with Gasteiger partial charge in [0.05, 0.1) is 5.57 Å². The fourth-order valence-corrected chi connectivity index (χ4v) is 2.59. The maximum atomic E-state index is 12.3. The third kappa shape index (κ3) is 3.91. The Morgan fingerprint density at radius 2 is 1.96 bits per heavy atom. The second-order valence-corrected chi connectivity index (χ2v) is 5.91. The molecule has 0 bridgehead atoms. The molecule has 24 heavy (non-hydrogen) atoms. The molecule has 7 heteroatoms. The Morgan fingerprint density at radius 3 is 2.67 bits per heavy atom. The van der Waals surface area contributed by atoms with Crippen molar-refractivity contribution in [1.29, 1.82) is 0 Å². The van der Waals surface area contributed by atoms with E-state index < -0.39 is 6.61 Å². The van der Waals surface area contributed by atoms with Gasteiger partial charge >= 0.3 is 6.61 Å². The van der Waals surface area contributed by atoms with Crippen LogP contribution in [0.15, 0.2) is 52.5 Å². The van der Waals surface area contributed by atoms with Gasteiger partial charge in [-0.1, -0.05) is 15.9 Å². The van der Waals surface area contributed by atoms with Crippen LogP contribution in [0.5, 0.6) is 11.5 Å². The molecule has 124 valence electrons. The zero-order chi connectivity index (χ0) is 17.1. The number of ether oxygens (including phenoxy) is 2. The van der Waals surface area contributed by atoms with Crippen LogP contribution in [-0.4, -0.2) is 19.1 Å². The average molecular weight is 396 g/mol. The van der Waals surface area contributed by atoms with Gasteiger partial charge in [-0.2, -0.15) is 8.78 Å². The van der Waals surface area contributed by atoms with Crippen LogP contribution in [0.2, 0.25) is 0 Å². The van der Waals surface area contributed by atoms with Gasteiger partial charge in [-0.05, 0) is 48.5 Å². The first-order chi connectivity index (χ1) is 11.5. The molecule has 1 aliphatic rings. The van der Waals surface area contributed by atoms with E-state index >= 15 is 0 Å². The van der Waals surface area contributed by atoms with Crippen LogP contribution in [0, 0.1) is 0 Å². The van der Waals surface area contributed by atoms with E-state index in [4.69, 9.17) is 4.74 Å². The standard InChI is InChI=1S/C17H12BrF2NO3/c18-12-1-6-15-10(8-12)7-11(9-23-15)16(22)21-13-2-4-14(5-3-13)24-17(19)20/h1-8,17H,9H2,(H,21,22). The van der Waals surface area contributed by atoms with Gasteiger partial charge in [0.2, 0.25) is 0 Å². The molecular formula is C17H12BrF2NO3. The minimum atomic E-state index is -2.88. The summed E-state index contributed by atoms with van der Waals surface area (Å²) in [6, 6.07) is 11.3.